The summed E-state index contributed by atoms with van der Waals surface area (Å²) in [6, 6.07) is 4.00. The molecule has 1 saturated carbocycles. The Balaban J connectivity index is 2.32. The Morgan fingerprint density at radius 1 is 1.28 bits per heavy atom. The van der Waals surface area contributed by atoms with Gasteiger partial charge in [0.05, 0.1) is 12.3 Å². The molecule has 1 atom stereocenters. The summed E-state index contributed by atoms with van der Waals surface area (Å²) in [5.74, 6) is 6.77. The van der Waals surface area contributed by atoms with Crippen molar-refractivity contribution in [1.82, 2.24) is 10.3 Å². The first-order valence-corrected chi connectivity index (χ1v) is 6.88. The molecule has 0 spiro atoms. The van der Waals surface area contributed by atoms with Gasteiger partial charge in [-0.1, -0.05) is 25.7 Å². The molecule has 0 aromatic carbocycles. The van der Waals surface area contributed by atoms with Gasteiger partial charge in [0.2, 0.25) is 0 Å². The van der Waals surface area contributed by atoms with Gasteiger partial charge < -0.3 is 9.32 Å². The largest absolute Gasteiger partial charge is 0.468 e. The molecule has 4 heteroatoms. The summed E-state index contributed by atoms with van der Waals surface area (Å²) < 4.78 is 5.59. The van der Waals surface area contributed by atoms with E-state index >= 15 is 0 Å². The second kappa shape index (κ2) is 5.87. The summed E-state index contributed by atoms with van der Waals surface area (Å²) in [5.41, 5.74) is 3.05. The smallest absolute Gasteiger partial charge is 0.123 e. The van der Waals surface area contributed by atoms with Crippen molar-refractivity contribution in [2.45, 2.75) is 50.1 Å². The Hall–Kier alpha value is -0.840. The highest BCUT2D eigenvalue weighted by atomic mass is 16.3. The number of nitrogens with two attached hydrogens (primary N) is 1. The summed E-state index contributed by atoms with van der Waals surface area (Å²) >= 11 is 0. The quantitative estimate of drug-likeness (QED) is 0.490. The van der Waals surface area contributed by atoms with Crippen LogP contribution < -0.4 is 11.3 Å². The highest BCUT2D eigenvalue weighted by molar-refractivity contribution is 5.13. The minimum atomic E-state index is 0.0561. The van der Waals surface area contributed by atoms with Crippen LogP contribution in [-0.2, 0) is 0 Å². The third-order valence-electron chi connectivity index (χ3n) is 4.39. The van der Waals surface area contributed by atoms with Crippen LogP contribution in [-0.4, -0.2) is 24.5 Å². The van der Waals surface area contributed by atoms with Crippen molar-refractivity contribution in [2.75, 3.05) is 14.1 Å². The number of nitrogens with one attached hydrogen (secondary N) is 1. The molecule has 1 fully saturated rings. The van der Waals surface area contributed by atoms with Crippen LogP contribution in [0.5, 0.6) is 0 Å². The van der Waals surface area contributed by atoms with Crippen molar-refractivity contribution in [3.05, 3.63) is 24.2 Å². The van der Waals surface area contributed by atoms with E-state index < -0.39 is 0 Å². The summed E-state index contributed by atoms with van der Waals surface area (Å²) in [6.07, 6.45) is 9.22. The molecule has 1 aliphatic carbocycles. The first-order chi connectivity index (χ1) is 8.70. The fourth-order valence-corrected chi connectivity index (χ4v) is 3.29. The number of likely N-dealkylation sites (N-methyl/N-ethyl adjacent to an activating group) is 1. The molecule has 1 unspecified atom stereocenters. The van der Waals surface area contributed by atoms with E-state index in [4.69, 9.17) is 10.3 Å². The Morgan fingerprint density at radius 3 is 2.39 bits per heavy atom. The van der Waals surface area contributed by atoms with Crippen LogP contribution in [0.4, 0.5) is 0 Å². The average molecular weight is 251 g/mol. The summed E-state index contributed by atoms with van der Waals surface area (Å²) in [5, 5.41) is 0. The van der Waals surface area contributed by atoms with Gasteiger partial charge in [0.15, 0.2) is 0 Å². The molecule has 1 aromatic heterocycles. The van der Waals surface area contributed by atoms with Crippen molar-refractivity contribution in [2.24, 2.45) is 5.84 Å². The van der Waals surface area contributed by atoms with Crippen molar-refractivity contribution >= 4 is 0 Å². The minimum absolute atomic E-state index is 0.0561. The van der Waals surface area contributed by atoms with Gasteiger partial charge in [-0.2, -0.15) is 0 Å². The van der Waals surface area contributed by atoms with Crippen LogP contribution in [0.15, 0.2) is 22.8 Å². The van der Waals surface area contributed by atoms with Crippen molar-refractivity contribution in [1.29, 1.82) is 0 Å². The van der Waals surface area contributed by atoms with Gasteiger partial charge in [0, 0.05) is 5.54 Å². The first-order valence-electron chi connectivity index (χ1n) is 6.88. The fourth-order valence-electron chi connectivity index (χ4n) is 3.29. The van der Waals surface area contributed by atoms with Crippen LogP contribution in [0.25, 0.3) is 0 Å². The molecule has 0 bridgehead atoms. The maximum absolute atomic E-state index is 5.83. The van der Waals surface area contributed by atoms with Crippen LogP contribution in [0.3, 0.4) is 0 Å². The number of nitrogens with zero attached hydrogens (tertiary/aromatic N) is 1. The SMILES string of the molecule is CN(C)C1(C(NN)c2ccco2)CCCCCC1. The average Bonchev–Trinajstić information content (AvgIpc) is 2.75. The zero-order chi connectivity index (χ0) is 13.0. The lowest BCUT2D eigenvalue weighted by molar-refractivity contribution is 0.0702. The topological polar surface area (TPSA) is 54.4 Å². The lowest BCUT2D eigenvalue weighted by Crippen LogP contribution is -2.55. The number of rotatable bonds is 4. The maximum atomic E-state index is 5.83. The van der Waals surface area contributed by atoms with E-state index in [1.165, 1.54) is 25.7 Å². The number of furan rings is 1. The van der Waals surface area contributed by atoms with E-state index in [-0.39, 0.29) is 11.6 Å². The monoisotopic (exact) mass is 251 g/mol. The molecular formula is C14H25N3O. The van der Waals surface area contributed by atoms with E-state index in [0.717, 1.165) is 18.6 Å². The molecule has 1 heterocycles. The Bertz CT molecular complexity index is 340. The third kappa shape index (κ3) is 2.46. The standard InChI is InChI=1S/C14H25N3O/c1-17(2)14(9-5-3-4-6-10-14)13(16-15)12-8-7-11-18-12/h7-8,11,13,16H,3-6,9-10,15H2,1-2H3. The maximum Gasteiger partial charge on any atom is 0.123 e. The van der Waals surface area contributed by atoms with Crippen molar-refractivity contribution in [3.63, 3.8) is 0 Å². The minimum Gasteiger partial charge on any atom is -0.468 e. The van der Waals surface area contributed by atoms with Gasteiger partial charge in [0.25, 0.3) is 0 Å². The van der Waals surface area contributed by atoms with E-state index in [9.17, 15) is 0 Å². The van der Waals surface area contributed by atoms with Crippen LogP contribution in [0, 0.1) is 0 Å². The Morgan fingerprint density at radius 2 is 1.94 bits per heavy atom. The molecule has 0 amide bonds. The molecule has 2 rings (SSSR count). The van der Waals surface area contributed by atoms with Gasteiger partial charge in [0.1, 0.15) is 5.76 Å². The van der Waals surface area contributed by atoms with Crippen molar-refractivity contribution in [3.8, 4) is 0 Å². The molecule has 0 saturated heterocycles. The predicted molar refractivity (Wildman–Crippen MR) is 72.9 cm³/mol. The molecule has 3 N–H and O–H groups in total. The van der Waals surface area contributed by atoms with E-state index in [1.54, 1.807) is 6.26 Å². The van der Waals surface area contributed by atoms with E-state index in [1.807, 2.05) is 12.1 Å². The highest BCUT2D eigenvalue weighted by Gasteiger charge is 2.42. The number of hydrogen-bond donors (Lipinski definition) is 2. The lowest BCUT2D eigenvalue weighted by atomic mass is 9.80. The Labute approximate surface area is 109 Å². The normalized spacial score (nSPS) is 21.8. The number of hydrazine groups is 1. The number of hydrogen-bond acceptors (Lipinski definition) is 4. The highest BCUT2D eigenvalue weighted by Crippen LogP contribution is 2.40. The fraction of sp³-hybridized carbons (Fsp3) is 0.714. The molecule has 4 nitrogen and oxygen atoms in total. The van der Waals surface area contributed by atoms with Gasteiger partial charge in [-0.25, -0.2) is 5.43 Å². The van der Waals surface area contributed by atoms with E-state index in [0.29, 0.717) is 0 Å². The molecular weight excluding hydrogens is 226 g/mol. The predicted octanol–water partition coefficient (Wildman–Crippen LogP) is 2.44. The van der Waals surface area contributed by atoms with E-state index in [2.05, 4.69) is 24.4 Å². The summed E-state index contributed by atoms with van der Waals surface area (Å²) in [7, 11) is 4.30. The zero-order valence-corrected chi connectivity index (χ0v) is 11.5. The van der Waals surface area contributed by atoms with Gasteiger partial charge in [-0.15, -0.1) is 0 Å². The zero-order valence-electron chi connectivity index (χ0n) is 11.5. The molecule has 18 heavy (non-hydrogen) atoms. The van der Waals surface area contributed by atoms with Crippen LogP contribution in [0.1, 0.15) is 50.3 Å². The molecule has 1 aliphatic rings. The summed E-state index contributed by atoms with van der Waals surface area (Å²) in [6.45, 7) is 0. The first kappa shape index (κ1) is 13.6. The molecule has 102 valence electrons. The summed E-state index contributed by atoms with van der Waals surface area (Å²) in [4.78, 5) is 2.32. The van der Waals surface area contributed by atoms with Crippen molar-refractivity contribution < 1.29 is 4.42 Å². The molecule has 0 aliphatic heterocycles. The Kier molecular flexibility index (Phi) is 4.43. The van der Waals surface area contributed by atoms with Gasteiger partial charge in [-0.3, -0.25) is 5.84 Å². The van der Waals surface area contributed by atoms with Gasteiger partial charge >= 0.3 is 0 Å². The molecule has 0 radical (unpaired) electrons. The second-order valence-electron chi connectivity index (χ2n) is 5.53. The third-order valence-corrected chi connectivity index (χ3v) is 4.39. The lowest BCUT2D eigenvalue weighted by Gasteiger charge is -2.44. The van der Waals surface area contributed by atoms with Crippen LogP contribution >= 0.6 is 0 Å². The van der Waals surface area contributed by atoms with Gasteiger partial charge in [-0.05, 0) is 39.1 Å². The molecule has 1 aromatic rings. The van der Waals surface area contributed by atoms with Crippen LogP contribution in [0.2, 0.25) is 0 Å². The second-order valence-corrected chi connectivity index (χ2v) is 5.53.